The number of halogens is 1. The van der Waals surface area contributed by atoms with E-state index in [4.69, 9.17) is 22.1 Å². The molecule has 0 aromatic heterocycles. The van der Waals surface area contributed by atoms with Gasteiger partial charge in [0.05, 0.1) is 0 Å². The number of hydrogen-bond donors (Lipinski definition) is 2. The topological polar surface area (TPSA) is 89.6 Å². The predicted octanol–water partition coefficient (Wildman–Crippen LogP) is 2.89. The van der Waals surface area contributed by atoms with Crippen molar-refractivity contribution >= 4 is 57.0 Å². The molecule has 0 unspecified atom stereocenters. The molecule has 0 saturated carbocycles. The Bertz CT molecular complexity index is 765. The van der Waals surface area contributed by atoms with Gasteiger partial charge in [0.1, 0.15) is 16.4 Å². The Balaban J connectivity index is 0.00000220. The van der Waals surface area contributed by atoms with Gasteiger partial charge in [-0.05, 0) is 48.9 Å². The first kappa shape index (κ1) is 18.3. The molecule has 2 aromatic rings. The molecular weight excluding hydrogens is 325 g/mol. The second-order valence-corrected chi connectivity index (χ2v) is 5.99. The van der Waals surface area contributed by atoms with Crippen LogP contribution in [0.3, 0.4) is 0 Å². The molecule has 0 heterocycles. The van der Waals surface area contributed by atoms with Crippen LogP contribution in [0, 0.1) is 6.92 Å². The molecule has 8 heteroatoms. The molecule has 0 atom stereocenters. The van der Waals surface area contributed by atoms with Crippen molar-refractivity contribution in [2.24, 2.45) is 0 Å². The molecule has 0 spiro atoms. The predicted molar refractivity (Wildman–Crippen MR) is 82.7 cm³/mol. The van der Waals surface area contributed by atoms with E-state index in [2.05, 4.69) is 0 Å². The molecule has 5 nitrogen and oxygen atoms in total. The van der Waals surface area contributed by atoms with Crippen LogP contribution in [0.4, 0.5) is 5.69 Å². The Morgan fingerprint density at radius 2 is 1.86 bits per heavy atom. The molecule has 0 bridgehead atoms. The molecule has 2 rings (SSSR count). The van der Waals surface area contributed by atoms with Gasteiger partial charge < -0.3 is 10.5 Å². The van der Waals surface area contributed by atoms with Crippen molar-refractivity contribution in [2.45, 2.75) is 11.8 Å². The molecule has 1 radical (unpaired) electrons. The van der Waals surface area contributed by atoms with Gasteiger partial charge in [-0.2, -0.15) is 8.42 Å². The standard InChI is InChI=1S/C13H12ClNO4S.Na/c1-8-6-10(3-4-11(8)14)19-12-5-2-9(15)7-13(12)20(16,17)18;/h2-7H,15H2,1H3,(H,16,17,18);. The van der Waals surface area contributed by atoms with Crippen molar-refractivity contribution in [3.63, 3.8) is 0 Å². The van der Waals surface area contributed by atoms with E-state index in [0.717, 1.165) is 11.6 Å². The van der Waals surface area contributed by atoms with Crippen LogP contribution >= 0.6 is 11.6 Å². The Kier molecular flexibility index (Phi) is 6.10. The molecule has 107 valence electrons. The van der Waals surface area contributed by atoms with Crippen molar-refractivity contribution in [3.05, 3.63) is 47.0 Å². The smallest absolute Gasteiger partial charge is 0.298 e. The maximum Gasteiger partial charge on any atom is 0.298 e. The summed E-state index contributed by atoms with van der Waals surface area (Å²) in [7, 11) is -4.43. The molecule has 0 aliphatic rings. The first-order valence-electron chi connectivity index (χ1n) is 5.58. The molecule has 0 aliphatic carbocycles. The van der Waals surface area contributed by atoms with Gasteiger partial charge in [-0.15, -0.1) is 0 Å². The van der Waals surface area contributed by atoms with Crippen LogP contribution in [0.15, 0.2) is 41.3 Å². The van der Waals surface area contributed by atoms with Crippen LogP contribution < -0.4 is 10.5 Å². The zero-order valence-electron chi connectivity index (χ0n) is 11.5. The minimum Gasteiger partial charge on any atom is -0.456 e. The molecule has 21 heavy (non-hydrogen) atoms. The maximum atomic E-state index is 11.3. The summed E-state index contributed by atoms with van der Waals surface area (Å²) in [6.07, 6.45) is 0. The molecule has 0 aliphatic heterocycles. The third-order valence-electron chi connectivity index (χ3n) is 2.60. The fraction of sp³-hybridized carbons (Fsp3) is 0.0769. The number of nitrogen functional groups attached to an aromatic ring is 1. The number of benzene rings is 2. The van der Waals surface area contributed by atoms with E-state index in [-0.39, 0.29) is 45.9 Å². The van der Waals surface area contributed by atoms with Gasteiger partial charge in [0.25, 0.3) is 10.1 Å². The summed E-state index contributed by atoms with van der Waals surface area (Å²) in [5.74, 6) is 0.394. The van der Waals surface area contributed by atoms with Gasteiger partial charge in [-0.25, -0.2) is 0 Å². The first-order valence-corrected chi connectivity index (χ1v) is 7.40. The van der Waals surface area contributed by atoms with Gasteiger partial charge in [0.2, 0.25) is 0 Å². The van der Waals surface area contributed by atoms with Crippen LogP contribution in [-0.2, 0) is 10.1 Å². The molecule has 2 aromatic carbocycles. The van der Waals surface area contributed by atoms with E-state index >= 15 is 0 Å². The summed E-state index contributed by atoms with van der Waals surface area (Å²) in [6, 6.07) is 8.88. The van der Waals surface area contributed by atoms with E-state index in [1.807, 2.05) is 0 Å². The van der Waals surface area contributed by atoms with Gasteiger partial charge in [-0.3, -0.25) is 4.55 Å². The molecule has 0 fully saturated rings. The van der Waals surface area contributed by atoms with Gasteiger partial charge in [0, 0.05) is 40.3 Å². The number of ether oxygens (including phenoxy) is 1. The number of aryl methyl sites for hydroxylation is 1. The Labute approximate surface area is 150 Å². The van der Waals surface area contributed by atoms with E-state index < -0.39 is 10.1 Å². The average molecular weight is 337 g/mol. The van der Waals surface area contributed by atoms with Crippen molar-refractivity contribution in [3.8, 4) is 11.5 Å². The summed E-state index contributed by atoms with van der Waals surface area (Å²) >= 11 is 5.90. The monoisotopic (exact) mass is 336 g/mol. The van der Waals surface area contributed by atoms with Crippen molar-refractivity contribution in [1.29, 1.82) is 0 Å². The second kappa shape index (κ2) is 7.00. The largest absolute Gasteiger partial charge is 0.456 e. The van der Waals surface area contributed by atoms with Gasteiger partial charge >= 0.3 is 0 Å². The van der Waals surface area contributed by atoms with Crippen molar-refractivity contribution < 1.29 is 17.7 Å². The van der Waals surface area contributed by atoms with E-state index in [1.54, 1.807) is 25.1 Å². The molecule has 0 amide bonds. The summed E-state index contributed by atoms with van der Waals surface area (Å²) in [5.41, 5.74) is 6.50. The molecule has 3 N–H and O–H groups in total. The van der Waals surface area contributed by atoms with Crippen molar-refractivity contribution in [1.82, 2.24) is 0 Å². The van der Waals surface area contributed by atoms with E-state index in [0.29, 0.717) is 10.8 Å². The number of hydrogen-bond acceptors (Lipinski definition) is 4. The van der Waals surface area contributed by atoms with E-state index in [9.17, 15) is 13.0 Å². The van der Waals surface area contributed by atoms with Gasteiger partial charge in [-0.1, -0.05) is 11.6 Å². The summed E-state index contributed by atoms with van der Waals surface area (Å²) in [5, 5.41) is 0.574. The van der Waals surface area contributed by atoms with Crippen molar-refractivity contribution in [2.75, 3.05) is 5.73 Å². The second-order valence-electron chi connectivity index (χ2n) is 4.19. The number of nitrogens with two attached hydrogens (primary N) is 1. The zero-order valence-corrected chi connectivity index (χ0v) is 15.1. The number of anilines is 1. The first-order chi connectivity index (χ1) is 9.27. The maximum absolute atomic E-state index is 11.3. The minimum absolute atomic E-state index is 0. The van der Waals surface area contributed by atoms with Gasteiger partial charge in [0.15, 0.2) is 0 Å². The normalized spacial score (nSPS) is 10.8. The quantitative estimate of drug-likeness (QED) is 0.511. The Morgan fingerprint density at radius 3 is 2.43 bits per heavy atom. The SMILES string of the molecule is Cc1cc(Oc2ccc(N)cc2S(=O)(=O)O)ccc1Cl.[Na]. The van der Waals surface area contributed by atoms with Crippen LogP contribution in [0.2, 0.25) is 5.02 Å². The summed E-state index contributed by atoms with van der Waals surface area (Å²) in [4.78, 5) is -0.384. The fourth-order valence-electron chi connectivity index (χ4n) is 1.62. The molecule has 0 saturated heterocycles. The zero-order chi connectivity index (χ0) is 14.9. The van der Waals surface area contributed by atoms with Crippen LogP contribution in [0.25, 0.3) is 0 Å². The van der Waals surface area contributed by atoms with E-state index in [1.165, 1.54) is 12.1 Å². The average Bonchev–Trinajstić information content (AvgIpc) is 2.35. The molecular formula is C13H12ClNNaO4S. The number of rotatable bonds is 3. The Hall–Kier alpha value is -0.760. The van der Waals surface area contributed by atoms with Crippen LogP contribution in [0.1, 0.15) is 5.56 Å². The van der Waals surface area contributed by atoms with Crippen LogP contribution in [-0.4, -0.2) is 42.5 Å². The van der Waals surface area contributed by atoms with Crippen LogP contribution in [0.5, 0.6) is 11.5 Å². The third kappa shape index (κ3) is 4.60. The minimum atomic E-state index is -4.43. The summed E-state index contributed by atoms with van der Waals surface area (Å²) < 4.78 is 37.3. The Morgan fingerprint density at radius 1 is 1.19 bits per heavy atom. The third-order valence-corrected chi connectivity index (χ3v) is 3.90. The summed E-state index contributed by atoms with van der Waals surface area (Å²) in [6.45, 7) is 1.79. The fourth-order valence-corrected chi connectivity index (χ4v) is 2.38.